The first-order valence-corrected chi connectivity index (χ1v) is 2.97. The number of quaternary nitrogens is 1. The fourth-order valence-electron chi connectivity index (χ4n) is 0.432. The van der Waals surface area contributed by atoms with Gasteiger partial charge in [0.1, 0.15) is 0 Å². The molecule has 0 spiro atoms. The van der Waals surface area contributed by atoms with Crippen LogP contribution in [0.3, 0.4) is 0 Å². The van der Waals surface area contributed by atoms with Crippen LogP contribution in [0.4, 0.5) is 0 Å². The predicted octanol–water partition coefficient (Wildman–Crippen LogP) is -0.936. The van der Waals surface area contributed by atoms with Crippen LogP contribution in [-0.2, 0) is 0 Å². The monoisotopic (exact) mass is 117 g/mol. The van der Waals surface area contributed by atoms with Crippen LogP contribution in [-0.4, -0.2) is 24.3 Å². The molecule has 0 aromatic rings. The van der Waals surface area contributed by atoms with Gasteiger partial charge in [0, 0.05) is 0 Å². The normalized spacial score (nSPS) is 14.6. The third-order valence-electron chi connectivity index (χ3n) is 1.25. The van der Waals surface area contributed by atoms with Gasteiger partial charge in [-0.15, -0.1) is 0 Å². The van der Waals surface area contributed by atoms with E-state index in [0.29, 0.717) is 6.04 Å². The average molecular weight is 117 g/mol. The Bertz CT molecular complexity index is 54.5. The van der Waals surface area contributed by atoms with Crippen molar-refractivity contribution >= 4 is 0 Å². The van der Waals surface area contributed by atoms with Crippen LogP contribution in [0.5, 0.6) is 0 Å². The molecule has 1 atom stereocenters. The summed E-state index contributed by atoms with van der Waals surface area (Å²) in [5.74, 6) is 0. The number of hydrogen-bond donors (Lipinski definition) is 2. The fraction of sp³-hybridized carbons (Fsp3) is 0.833. The second kappa shape index (κ2) is 3.87. The molecule has 0 aliphatic carbocycles. The van der Waals surface area contributed by atoms with E-state index in [9.17, 15) is 0 Å². The van der Waals surface area contributed by atoms with Crippen molar-refractivity contribution in [2.24, 2.45) is 0 Å². The smallest absolute Gasteiger partial charge is 0.0900 e. The molecule has 2 N–H and O–H groups in total. The summed E-state index contributed by atoms with van der Waals surface area (Å²) in [5, 5.41) is 8.42. The highest BCUT2D eigenvalue weighted by Gasteiger charge is 1.97. The van der Waals surface area contributed by atoms with Crippen molar-refractivity contribution in [3.63, 3.8) is 0 Å². The third-order valence-corrected chi connectivity index (χ3v) is 1.25. The first-order valence-electron chi connectivity index (χ1n) is 2.97. The van der Waals surface area contributed by atoms with Gasteiger partial charge in [-0.1, -0.05) is 0 Å². The van der Waals surface area contributed by atoms with Crippen LogP contribution in [0.15, 0.2) is 0 Å². The fourth-order valence-corrected chi connectivity index (χ4v) is 0.432. The van der Waals surface area contributed by atoms with Crippen LogP contribution in [0.2, 0.25) is 0 Å². The minimum atomic E-state index is 0.233. The van der Waals surface area contributed by atoms with Crippen molar-refractivity contribution in [2.75, 3.05) is 13.2 Å². The number of aliphatic hydroxyl groups is 1. The summed E-state index contributed by atoms with van der Waals surface area (Å²) >= 11 is 0. The van der Waals surface area contributed by atoms with Gasteiger partial charge in [0.05, 0.1) is 19.2 Å². The van der Waals surface area contributed by atoms with E-state index in [1.165, 1.54) is 0 Å². The van der Waals surface area contributed by atoms with E-state index in [2.05, 4.69) is 20.9 Å². The molecule has 50 valence electrons. The summed E-state index contributed by atoms with van der Waals surface area (Å²) in [6.45, 7) is 5.14. The minimum absolute atomic E-state index is 0.233. The highest BCUT2D eigenvalue weighted by Crippen LogP contribution is 1.64. The molecule has 0 saturated heterocycles. The summed E-state index contributed by atoms with van der Waals surface area (Å²) in [7, 11) is 3.78. The third kappa shape index (κ3) is 2.99. The number of aliphatic hydroxyl groups excluding tert-OH is 1. The lowest BCUT2D eigenvalue weighted by Crippen LogP contribution is -3.10. The van der Waals surface area contributed by atoms with Gasteiger partial charge in [-0.25, -0.2) is 0 Å². The maximum Gasteiger partial charge on any atom is 0.0900 e. The Morgan fingerprint density at radius 2 is 2.12 bits per heavy atom. The Kier molecular flexibility index (Phi) is 3.83. The standard InChI is InChI=1S/C6H15NO/c1-6(2)7(3)4-5-8/h6-8H,3-5H2,1-2H3. The number of nitrogens with one attached hydrogen (secondary N) is 1. The molecule has 0 bridgehead atoms. The molecule has 0 heterocycles. The topological polar surface area (TPSA) is 24.7 Å². The lowest BCUT2D eigenvalue weighted by atomic mass is 10.3. The van der Waals surface area contributed by atoms with Crippen molar-refractivity contribution in [3.8, 4) is 0 Å². The van der Waals surface area contributed by atoms with Crippen LogP contribution < -0.4 is 4.90 Å². The van der Waals surface area contributed by atoms with Gasteiger partial charge >= 0.3 is 0 Å². The van der Waals surface area contributed by atoms with E-state index in [-0.39, 0.29) is 6.61 Å². The molecule has 0 amide bonds. The Morgan fingerprint density at radius 3 is 2.25 bits per heavy atom. The van der Waals surface area contributed by atoms with Crippen LogP contribution >= 0.6 is 0 Å². The molecule has 0 aliphatic heterocycles. The van der Waals surface area contributed by atoms with E-state index in [4.69, 9.17) is 5.11 Å². The van der Waals surface area contributed by atoms with E-state index in [1.807, 2.05) is 0 Å². The lowest BCUT2D eigenvalue weighted by Gasteiger charge is -2.23. The predicted molar refractivity (Wildman–Crippen MR) is 33.4 cm³/mol. The van der Waals surface area contributed by atoms with E-state index >= 15 is 0 Å². The maximum absolute atomic E-state index is 8.42. The Balaban J connectivity index is 3.17. The Labute approximate surface area is 51.1 Å². The first kappa shape index (κ1) is 7.92. The maximum atomic E-state index is 8.42. The van der Waals surface area contributed by atoms with Gasteiger partial charge in [0.25, 0.3) is 0 Å². The van der Waals surface area contributed by atoms with Crippen molar-refractivity contribution in [1.82, 2.24) is 0 Å². The summed E-state index contributed by atoms with van der Waals surface area (Å²) in [4.78, 5) is 1.13. The Morgan fingerprint density at radius 1 is 1.62 bits per heavy atom. The van der Waals surface area contributed by atoms with Crippen molar-refractivity contribution < 1.29 is 10.0 Å². The zero-order valence-electron chi connectivity index (χ0n) is 5.65. The van der Waals surface area contributed by atoms with Gasteiger partial charge in [0.2, 0.25) is 0 Å². The molecule has 0 aliphatic rings. The van der Waals surface area contributed by atoms with Crippen molar-refractivity contribution in [2.45, 2.75) is 19.9 Å². The molecule has 2 heteroatoms. The van der Waals surface area contributed by atoms with Gasteiger partial charge in [-0.05, 0) is 13.8 Å². The summed E-state index contributed by atoms with van der Waals surface area (Å²) < 4.78 is 0. The molecule has 0 fully saturated rings. The molecule has 8 heavy (non-hydrogen) atoms. The van der Waals surface area contributed by atoms with Crippen molar-refractivity contribution in [3.05, 3.63) is 7.05 Å². The molecule has 2 nitrogen and oxygen atoms in total. The molecule has 0 aromatic heterocycles. The second-order valence-corrected chi connectivity index (χ2v) is 2.29. The summed E-state index contributed by atoms with van der Waals surface area (Å²) in [5.41, 5.74) is 0. The zero-order valence-corrected chi connectivity index (χ0v) is 5.65. The van der Waals surface area contributed by atoms with Crippen LogP contribution in [0, 0.1) is 7.05 Å². The summed E-state index contributed by atoms with van der Waals surface area (Å²) in [6.07, 6.45) is 0. The van der Waals surface area contributed by atoms with Gasteiger partial charge < -0.3 is 10.0 Å². The first-order chi connectivity index (χ1) is 3.68. The highest BCUT2D eigenvalue weighted by molar-refractivity contribution is 4.32. The Hall–Kier alpha value is -0.0800. The number of rotatable bonds is 3. The van der Waals surface area contributed by atoms with E-state index < -0.39 is 0 Å². The molecule has 0 rings (SSSR count). The molecule has 0 aromatic carbocycles. The van der Waals surface area contributed by atoms with Gasteiger partial charge in [-0.2, -0.15) is 7.05 Å². The highest BCUT2D eigenvalue weighted by atomic mass is 16.3. The van der Waals surface area contributed by atoms with Crippen LogP contribution in [0.1, 0.15) is 13.8 Å². The summed E-state index contributed by atoms with van der Waals surface area (Å²) in [6, 6.07) is 0.516. The van der Waals surface area contributed by atoms with E-state index in [0.717, 1.165) is 11.4 Å². The average Bonchev–Trinajstić information content (AvgIpc) is 1.67. The molecular weight excluding hydrogens is 102 g/mol. The van der Waals surface area contributed by atoms with E-state index in [1.54, 1.807) is 0 Å². The molecular formula is C6H15NO. The number of hydrogen-bond acceptors (Lipinski definition) is 1. The quantitative estimate of drug-likeness (QED) is 0.458. The van der Waals surface area contributed by atoms with Crippen molar-refractivity contribution in [1.29, 1.82) is 0 Å². The minimum Gasteiger partial charge on any atom is -0.464 e. The lowest BCUT2D eigenvalue weighted by molar-refractivity contribution is -0.877. The largest absolute Gasteiger partial charge is 0.464 e. The zero-order chi connectivity index (χ0) is 6.57. The second-order valence-electron chi connectivity index (χ2n) is 2.29. The molecule has 0 saturated carbocycles. The van der Waals surface area contributed by atoms with Gasteiger partial charge in [-0.3, -0.25) is 0 Å². The SMILES string of the molecule is [CH2-][NH+](CCO)C(C)C. The molecule has 0 radical (unpaired) electrons. The van der Waals surface area contributed by atoms with Gasteiger partial charge in [0.15, 0.2) is 0 Å². The van der Waals surface area contributed by atoms with Crippen LogP contribution in [0.25, 0.3) is 0 Å². The molecule has 1 unspecified atom stereocenters.